The number of unbranched alkanes of at least 4 members (excludes halogenated alkanes) is 24. The lowest BCUT2D eigenvalue weighted by Gasteiger charge is -2.20. The zero-order chi connectivity index (χ0) is 37.3. The molecule has 1 heterocycles. The average Bonchev–Trinajstić information content (AvgIpc) is 3.16. The van der Waals surface area contributed by atoms with Gasteiger partial charge in [0.05, 0.1) is 13.7 Å². The fourth-order valence-corrected chi connectivity index (χ4v) is 6.93. The summed E-state index contributed by atoms with van der Waals surface area (Å²) in [5.74, 6) is 1.92. The quantitative estimate of drug-likeness (QED) is 0.0568. The van der Waals surface area contributed by atoms with Crippen LogP contribution in [0.5, 0.6) is 17.2 Å². The summed E-state index contributed by atoms with van der Waals surface area (Å²) in [6.07, 6.45) is 36.3. The van der Waals surface area contributed by atoms with E-state index >= 15 is 0 Å². The van der Waals surface area contributed by atoms with Gasteiger partial charge in [-0.1, -0.05) is 174 Å². The van der Waals surface area contributed by atoms with Gasteiger partial charge in [0, 0.05) is 18.2 Å². The smallest absolute Gasteiger partial charge is 0.261 e. The van der Waals surface area contributed by atoms with Crippen molar-refractivity contribution in [1.29, 1.82) is 0 Å². The summed E-state index contributed by atoms with van der Waals surface area (Å²) in [6.45, 7) is 5.70. The lowest BCUT2D eigenvalue weighted by Crippen LogP contribution is -2.42. The van der Waals surface area contributed by atoms with Gasteiger partial charge in [-0.15, -0.1) is 0 Å². The molecule has 0 bridgehead atoms. The van der Waals surface area contributed by atoms with Crippen molar-refractivity contribution in [2.45, 2.75) is 200 Å². The third-order valence-electron chi connectivity index (χ3n) is 10.4. The van der Waals surface area contributed by atoms with Gasteiger partial charge < -0.3 is 19.5 Å². The number of amides is 1. The topological polar surface area (TPSA) is 60.7 Å². The molecule has 2 aromatic rings. The molecule has 296 valence electrons. The molecule has 6 heteroatoms. The standard InChI is InChI=1S/C46H78N2O4/c1-5-7-9-11-13-15-17-19-20-21-23-25-27-29-34-44(46(49)47-40-41-33-30-31-37-48(41)3)52-42-35-36-43(45(39-42)50-4)51-38-32-28-26-24-22-18-16-14-12-10-8-6-2/h30-31,33,35-37,39,44H,5-29,32,34,38,40H2,1-4H3/p+1. The minimum Gasteiger partial charge on any atom is -0.493 e. The number of rotatable bonds is 35. The molecular weight excluding hydrogens is 645 g/mol. The Morgan fingerprint density at radius 2 is 1.13 bits per heavy atom. The van der Waals surface area contributed by atoms with Crippen LogP contribution in [0.15, 0.2) is 42.6 Å². The van der Waals surface area contributed by atoms with E-state index in [1.165, 1.54) is 148 Å². The Morgan fingerprint density at radius 3 is 1.63 bits per heavy atom. The van der Waals surface area contributed by atoms with Crippen LogP contribution in [-0.2, 0) is 18.4 Å². The highest BCUT2D eigenvalue weighted by Gasteiger charge is 2.22. The maximum Gasteiger partial charge on any atom is 0.261 e. The van der Waals surface area contributed by atoms with Gasteiger partial charge in [0.25, 0.3) is 5.91 Å². The SMILES string of the molecule is CCCCCCCCCCCCCCCCC(Oc1ccc(OCCCCCCCCCCCCCC)c(OC)c1)C(=O)NCc1cccc[n+]1C. The lowest BCUT2D eigenvalue weighted by molar-refractivity contribution is -0.679. The van der Waals surface area contributed by atoms with Crippen molar-refractivity contribution in [2.75, 3.05) is 13.7 Å². The molecule has 52 heavy (non-hydrogen) atoms. The number of pyridine rings is 1. The van der Waals surface area contributed by atoms with Crippen molar-refractivity contribution in [3.8, 4) is 17.2 Å². The molecule has 1 aromatic carbocycles. The number of benzene rings is 1. The number of carbonyl (C=O) groups excluding carboxylic acids is 1. The summed E-state index contributed by atoms with van der Waals surface area (Å²) < 4.78 is 20.2. The molecule has 1 unspecified atom stereocenters. The molecule has 0 saturated heterocycles. The summed E-state index contributed by atoms with van der Waals surface area (Å²) in [7, 11) is 3.66. The van der Waals surface area contributed by atoms with E-state index < -0.39 is 6.10 Å². The van der Waals surface area contributed by atoms with Gasteiger partial charge in [-0.2, -0.15) is 0 Å². The number of nitrogens with one attached hydrogen (secondary N) is 1. The molecule has 1 amide bonds. The van der Waals surface area contributed by atoms with Crippen molar-refractivity contribution in [1.82, 2.24) is 5.32 Å². The van der Waals surface area contributed by atoms with E-state index in [0.29, 0.717) is 31.1 Å². The van der Waals surface area contributed by atoms with Crippen LogP contribution in [0.4, 0.5) is 0 Å². The zero-order valence-corrected chi connectivity index (χ0v) is 34.2. The Labute approximate surface area is 320 Å². The highest BCUT2D eigenvalue weighted by molar-refractivity contribution is 5.81. The van der Waals surface area contributed by atoms with E-state index in [1.807, 2.05) is 54.2 Å². The molecule has 6 nitrogen and oxygen atoms in total. The Bertz CT molecular complexity index is 1140. The first-order chi connectivity index (χ1) is 25.6. The number of hydrogen-bond acceptors (Lipinski definition) is 4. The van der Waals surface area contributed by atoms with Crippen LogP contribution in [0.1, 0.15) is 193 Å². The number of carbonyl (C=O) groups is 1. The minimum absolute atomic E-state index is 0.0789. The molecule has 0 spiro atoms. The predicted molar refractivity (Wildman–Crippen MR) is 218 cm³/mol. The monoisotopic (exact) mass is 724 g/mol. The van der Waals surface area contributed by atoms with Crippen LogP contribution < -0.4 is 24.1 Å². The maximum atomic E-state index is 13.5. The van der Waals surface area contributed by atoms with Gasteiger partial charge in [0.2, 0.25) is 0 Å². The maximum absolute atomic E-state index is 13.5. The predicted octanol–water partition coefficient (Wildman–Crippen LogP) is 12.5. The number of hydrogen-bond donors (Lipinski definition) is 1. The molecule has 0 fully saturated rings. The fraction of sp³-hybridized carbons (Fsp3) is 0.739. The van der Waals surface area contributed by atoms with Gasteiger partial charge in [-0.25, -0.2) is 4.57 Å². The van der Waals surface area contributed by atoms with Crippen LogP contribution in [0, 0.1) is 0 Å². The lowest BCUT2D eigenvalue weighted by atomic mass is 10.0. The van der Waals surface area contributed by atoms with Crippen molar-refractivity contribution in [3.05, 3.63) is 48.3 Å². The molecule has 1 N–H and O–H groups in total. The normalized spacial score (nSPS) is 11.8. The van der Waals surface area contributed by atoms with Crippen molar-refractivity contribution >= 4 is 5.91 Å². The largest absolute Gasteiger partial charge is 0.493 e. The number of aromatic nitrogens is 1. The highest BCUT2D eigenvalue weighted by Crippen LogP contribution is 2.32. The summed E-state index contributed by atoms with van der Waals surface area (Å²) in [5.41, 5.74) is 1.04. The van der Waals surface area contributed by atoms with E-state index in [-0.39, 0.29) is 5.91 Å². The van der Waals surface area contributed by atoms with Gasteiger partial charge in [-0.3, -0.25) is 4.79 Å². The van der Waals surface area contributed by atoms with E-state index in [4.69, 9.17) is 14.2 Å². The fourth-order valence-electron chi connectivity index (χ4n) is 6.93. The van der Waals surface area contributed by atoms with E-state index in [1.54, 1.807) is 7.11 Å². The Kier molecular flexibility index (Phi) is 27.7. The van der Waals surface area contributed by atoms with Crippen LogP contribution in [0.3, 0.4) is 0 Å². The molecule has 1 atom stereocenters. The molecule has 0 aliphatic heterocycles. The molecule has 1 aromatic heterocycles. The van der Waals surface area contributed by atoms with E-state index in [2.05, 4.69) is 19.2 Å². The van der Waals surface area contributed by atoms with Gasteiger partial charge >= 0.3 is 0 Å². The number of ether oxygens (including phenoxy) is 3. The van der Waals surface area contributed by atoms with Gasteiger partial charge in [-0.05, 0) is 31.4 Å². The van der Waals surface area contributed by atoms with Crippen LogP contribution >= 0.6 is 0 Å². The Balaban J connectivity index is 1.75. The first-order valence-electron chi connectivity index (χ1n) is 21.8. The second-order valence-electron chi connectivity index (χ2n) is 15.1. The average molecular weight is 724 g/mol. The van der Waals surface area contributed by atoms with Crippen LogP contribution in [0.25, 0.3) is 0 Å². The molecular formula is C46H79N2O4+. The molecule has 0 aliphatic carbocycles. The molecule has 2 rings (SSSR count). The van der Waals surface area contributed by atoms with Crippen LogP contribution in [-0.4, -0.2) is 25.7 Å². The first kappa shape index (κ1) is 45.4. The molecule has 0 aliphatic rings. The zero-order valence-electron chi connectivity index (χ0n) is 34.2. The summed E-state index contributed by atoms with van der Waals surface area (Å²) in [5, 5.41) is 3.13. The number of nitrogens with zero attached hydrogens (tertiary/aromatic N) is 1. The first-order valence-corrected chi connectivity index (χ1v) is 21.8. The Hall–Kier alpha value is -2.76. The third-order valence-corrected chi connectivity index (χ3v) is 10.4. The second kappa shape index (κ2) is 31.7. The summed E-state index contributed by atoms with van der Waals surface area (Å²) in [4.78, 5) is 13.5. The van der Waals surface area contributed by atoms with Crippen molar-refractivity contribution in [3.63, 3.8) is 0 Å². The van der Waals surface area contributed by atoms with Crippen LogP contribution in [0.2, 0.25) is 0 Å². The molecule has 0 saturated carbocycles. The van der Waals surface area contributed by atoms with Gasteiger partial charge in [0.15, 0.2) is 29.5 Å². The van der Waals surface area contributed by atoms with E-state index in [0.717, 1.165) is 30.7 Å². The number of methoxy groups -OCH3 is 1. The summed E-state index contributed by atoms with van der Waals surface area (Å²) in [6, 6.07) is 11.7. The minimum atomic E-state index is -0.566. The Morgan fingerprint density at radius 1 is 0.635 bits per heavy atom. The highest BCUT2D eigenvalue weighted by atomic mass is 16.5. The number of aryl methyl sites for hydroxylation is 1. The van der Waals surface area contributed by atoms with E-state index in [9.17, 15) is 4.79 Å². The summed E-state index contributed by atoms with van der Waals surface area (Å²) >= 11 is 0. The van der Waals surface area contributed by atoms with Gasteiger partial charge in [0.1, 0.15) is 19.3 Å². The molecule has 0 radical (unpaired) electrons. The van der Waals surface area contributed by atoms with Crippen molar-refractivity contribution < 1.29 is 23.6 Å². The third kappa shape index (κ3) is 22.3. The second-order valence-corrected chi connectivity index (χ2v) is 15.1. The van der Waals surface area contributed by atoms with Crippen molar-refractivity contribution in [2.24, 2.45) is 7.05 Å².